The molecule has 2 rings (SSSR count). The molecule has 0 amide bonds. The molecule has 1 saturated heterocycles. The third-order valence-electron chi connectivity index (χ3n) is 3.35. The Bertz CT molecular complexity index is 382. The first-order chi connectivity index (χ1) is 8.50. The fourth-order valence-corrected chi connectivity index (χ4v) is 2.37. The van der Waals surface area contributed by atoms with Crippen molar-refractivity contribution < 1.29 is 5.11 Å². The van der Waals surface area contributed by atoms with Gasteiger partial charge in [-0.2, -0.15) is 4.98 Å². The van der Waals surface area contributed by atoms with E-state index >= 15 is 0 Å². The number of piperidine rings is 1. The molecule has 1 aromatic rings. The van der Waals surface area contributed by atoms with Gasteiger partial charge in [-0.05, 0) is 46.2 Å². The Morgan fingerprint density at radius 2 is 2.33 bits per heavy atom. The van der Waals surface area contributed by atoms with Gasteiger partial charge in [0.25, 0.3) is 0 Å². The lowest BCUT2D eigenvalue weighted by Gasteiger charge is -2.31. The van der Waals surface area contributed by atoms with Crippen LogP contribution in [0, 0.1) is 5.92 Å². The minimum absolute atomic E-state index is 0.522. The van der Waals surface area contributed by atoms with Crippen molar-refractivity contribution in [1.29, 1.82) is 0 Å². The summed E-state index contributed by atoms with van der Waals surface area (Å²) < 4.78 is 0. The highest BCUT2D eigenvalue weighted by Gasteiger charge is 2.25. The summed E-state index contributed by atoms with van der Waals surface area (Å²) in [6, 6.07) is 0. The van der Waals surface area contributed by atoms with Crippen molar-refractivity contribution in [2.75, 3.05) is 31.6 Å². The Balaban J connectivity index is 2.05. The third kappa shape index (κ3) is 3.00. The van der Waals surface area contributed by atoms with E-state index in [4.69, 9.17) is 0 Å². The molecule has 1 aliphatic heterocycles. The van der Waals surface area contributed by atoms with Gasteiger partial charge in [-0.25, -0.2) is 0 Å². The Hall–Kier alpha value is -1.14. The van der Waals surface area contributed by atoms with Crippen molar-refractivity contribution in [2.24, 2.45) is 5.92 Å². The fourth-order valence-electron chi connectivity index (χ4n) is 2.37. The van der Waals surface area contributed by atoms with E-state index in [2.05, 4.69) is 25.4 Å². The lowest BCUT2D eigenvalue weighted by atomic mass is 9.98. The summed E-state index contributed by atoms with van der Waals surface area (Å²) in [4.78, 5) is 6.58. The molecular weight excluding hydrogens is 230 g/mol. The van der Waals surface area contributed by atoms with Gasteiger partial charge in [0.2, 0.25) is 5.95 Å². The summed E-state index contributed by atoms with van der Waals surface area (Å²) in [7, 11) is 1.98. The second kappa shape index (κ2) is 5.24. The van der Waals surface area contributed by atoms with E-state index in [-0.39, 0.29) is 0 Å². The molecule has 2 heterocycles. The van der Waals surface area contributed by atoms with Gasteiger partial charge < -0.3 is 15.3 Å². The number of nitrogens with zero attached hydrogens (tertiary/aromatic N) is 3. The molecule has 1 unspecified atom stereocenters. The minimum Gasteiger partial charge on any atom is -0.382 e. The van der Waals surface area contributed by atoms with Crippen molar-refractivity contribution >= 4 is 5.95 Å². The third-order valence-corrected chi connectivity index (χ3v) is 3.35. The van der Waals surface area contributed by atoms with Crippen LogP contribution in [0.15, 0.2) is 0 Å². The highest BCUT2D eigenvalue weighted by atomic mass is 16.3. The van der Waals surface area contributed by atoms with E-state index in [0.29, 0.717) is 17.7 Å². The van der Waals surface area contributed by atoms with Crippen LogP contribution in [0.3, 0.4) is 0 Å². The van der Waals surface area contributed by atoms with Crippen molar-refractivity contribution in [1.82, 2.24) is 20.5 Å². The highest BCUT2D eigenvalue weighted by Crippen LogP contribution is 2.22. The summed E-state index contributed by atoms with van der Waals surface area (Å²) in [5.74, 6) is 1.87. The van der Waals surface area contributed by atoms with Gasteiger partial charge in [0, 0.05) is 13.1 Å². The predicted octanol–water partition coefficient (Wildman–Crippen LogP) is 0.468. The SMILES string of the molecule is CNCC1CCCN(c2n[nH]c(C(C)(C)O)n2)C1. The Morgan fingerprint density at radius 1 is 1.56 bits per heavy atom. The topological polar surface area (TPSA) is 77.1 Å². The molecule has 6 nitrogen and oxygen atoms in total. The first-order valence-electron chi connectivity index (χ1n) is 6.55. The minimum atomic E-state index is -0.967. The molecule has 0 saturated carbocycles. The maximum absolute atomic E-state index is 9.87. The molecule has 0 radical (unpaired) electrons. The van der Waals surface area contributed by atoms with Crippen molar-refractivity contribution in [3.8, 4) is 0 Å². The average molecular weight is 253 g/mol. The first-order valence-corrected chi connectivity index (χ1v) is 6.55. The van der Waals surface area contributed by atoms with Gasteiger partial charge in [0.05, 0.1) is 0 Å². The van der Waals surface area contributed by atoms with E-state index in [1.165, 1.54) is 12.8 Å². The van der Waals surface area contributed by atoms with Crippen LogP contribution in [0.2, 0.25) is 0 Å². The second-order valence-electron chi connectivity index (χ2n) is 5.55. The fraction of sp³-hybridized carbons (Fsp3) is 0.833. The number of hydrogen-bond acceptors (Lipinski definition) is 5. The van der Waals surface area contributed by atoms with E-state index in [1.807, 2.05) is 7.05 Å². The molecule has 1 atom stereocenters. The smallest absolute Gasteiger partial charge is 0.244 e. The molecule has 3 N–H and O–H groups in total. The van der Waals surface area contributed by atoms with Gasteiger partial charge >= 0.3 is 0 Å². The van der Waals surface area contributed by atoms with Gasteiger partial charge in [-0.3, -0.25) is 5.10 Å². The lowest BCUT2D eigenvalue weighted by Crippen LogP contribution is -2.39. The van der Waals surface area contributed by atoms with Crippen LogP contribution < -0.4 is 10.2 Å². The van der Waals surface area contributed by atoms with Crippen molar-refractivity contribution in [2.45, 2.75) is 32.3 Å². The predicted molar refractivity (Wildman–Crippen MR) is 70.5 cm³/mol. The highest BCUT2D eigenvalue weighted by molar-refractivity contribution is 5.30. The normalized spacial score (nSPS) is 21.3. The van der Waals surface area contributed by atoms with E-state index in [9.17, 15) is 5.11 Å². The molecular formula is C12H23N5O. The summed E-state index contributed by atoms with van der Waals surface area (Å²) in [5.41, 5.74) is -0.967. The summed E-state index contributed by atoms with van der Waals surface area (Å²) in [6.45, 7) is 6.40. The quantitative estimate of drug-likeness (QED) is 0.727. The molecule has 102 valence electrons. The molecule has 1 aromatic heterocycles. The van der Waals surface area contributed by atoms with Crippen LogP contribution in [0.5, 0.6) is 0 Å². The largest absolute Gasteiger partial charge is 0.382 e. The standard InChI is InChI=1S/C12H23N5O/c1-12(2,18)10-14-11(16-15-10)17-6-4-5-9(8-17)7-13-3/h9,13,18H,4-8H2,1-3H3,(H,14,15,16). The molecule has 0 aromatic carbocycles. The molecule has 1 fully saturated rings. The van der Waals surface area contributed by atoms with Crippen molar-refractivity contribution in [3.05, 3.63) is 5.82 Å². The number of rotatable bonds is 4. The number of aromatic amines is 1. The Kier molecular flexibility index (Phi) is 3.87. The maximum atomic E-state index is 9.87. The summed E-state index contributed by atoms with van der Waals surface area (Å²) >= 11 is 0. The van der Waals surface area contributed by atoms with Crippen LogP contribution >= 0.6 is 0 Å². The van der Waals surface area contributed by atoms with Gasteiger partial charge in [-0.1, -0.05) is 0 Å². The zero-order valence-corrected chi connectivity index (χ0v) is 11.4. The Morgan fingerprint density at radius 3 is 2.94 bits per heavy atom. The number of aromatic nitrogens is 3. The van der Waals surface area contributed by atoms with Crippen LogP contribution in [0.1, 0.15) is 32.5 Å². The molecule has 18 heavy (non-hydrogen) atoms. The first kappa shape index (κ1) is 13.3. The second-order valence-corrected chi connectivity index (χ2v) is 5.55. The lowest BCUT2D eigenvalue weighted by molar-refractivity contribution is 0.0691. The van der Waals surface area contributed by atoms with Crippen LogP contribution in [0.25, 0.3) is 0 Å². The van der Waals surface area contributed by atoms with Crippen molar-refractivity contribution in [3.63, 3.8) is 0 Å². The van der Waals surface area contributed by atoms with Gasteiger partial charge in [0.1, 0.15) is 5.60 Å². The van der Waals surface area contributed by atoms with Crippen LogP contribution in [-0.2, 0) is 5.60 Å². The number of hydrogen-bond donors (Lipinski definition) is 3. The molecule has 1 aliphatic rings. The summed E-state index contributed by atoms with van der Waals surface area (Å²) in [6.07, 6.45) is 2.42. The van der Waals surface area contributed by atoms with Crippen LogP contribution in [-0.4, -0.2) is 47.0 Å². The van der Waals surface area contributed by atoms with E-state index < -0.39 is 5.60 Å². The van der Waals surface area contributed by atoms with Gasteiger partial charge in [-0.15, -0.1) is 5.10 Å². The zero-order valence-electron chi connectivity index (χ0n) is 11.4. The van der Waals surface area contributed by atoms with E-state index in [0.717, 1.165) is 19.6 Å². The number of aliphatic hydroxyl groups is 1. The van der Waals surface area contributed by atoms with Crippen LogP contribution in [0.4, 0.5) is 5.95 Å². The number of H-pyrrole nitrogens is 1. The number of anilines is 1. The maximum Gasteiger partial charge on any atom is 0.244 e. The number of nitrogens with one attached hydrogen (secondary N) is 2. The summed E-state index contributed by atoms with van der Waals surface area (Å²) in [5, 5.41) is 20.1. The molecule has 0 bridgehead atoms. The molecule has 0 aliphatic carbocycles. The molecule has 6 heteroatoms. The Labute approximate surface area is 108 Å². The average Bonchev–Trinajstić information content (AvgIpc) is 2.78. The molecule has 0 spiro atoms. The zero-order chi connectivity index (χ0) is 13.2. The monoisotopic (exact) mass is 253 g/mol. The van der Waals surface area contributed by atoms with E-state index in [1.54, 1.807) is 13.8 Å². The van der Waals surface area contributed by atoms with Gasteiger partial charge in [0.15, 0.2) is 5.82 Å².